The fourth-order valence-electron chi connectivity index (χ4n) is 1.88. The Balaban J connectivity index is 2.18. The molecule has 1 aliphatic heterocycles. The van der Waals surface area contributed by atoms with Crippen LogP contribution in [0, 0.1) is 0 Å². The zero-order valence-corrected chi connectivity index (χ0v) is 13.3. The fourth-order valence-corrected chi connectivity index (χ4v) is 2.95. The van der Waals surface area contributed by atoms with Gasteiger partial charge in [0.05, 0.1) is 18.4 Å². The Bertz CT molecular complexity index is 784. The Kier molecular flexibility index (Phi) is 4.80. The predicted octanol–water partition coefficient (Wildman–Crippen LogP) is 0.703. The van der Waals surface area contributed by atoms with E-state index >= 15 is 0 Å². The van der Waals surface area contributed by atoms with Gasteiger partial charge in [-0.3, -0.25) is 4.79 Å². The van der Waals surface area contributed by atoms with Crippen molar-refractivity contribution in [1.29, 1.82) is 0 Å². The van der Waals surface area contributed by atoms with Gasteiger partial charge in [0.2, 0.25) is 5.91 Å². The van der Waals surface area contributed by atoms with Crippen molar-refractivity contribution < 1.29 is 22.7 Å². The molecule has 9 heteroatoms. The zero-order chi connectivity index (χ0) is 17.0. The van der Waals surface area contributed by atoms with Crippen LogP contribution in [0.2, 0.25) is 0 Å². The summed E-state index contributed by atoms with van der Waals surface area (Å²) in [7, 11) is -2.89. The number of esters is 1. The van der Waals surface area contributed by atoms with E-state index in [1.165, 1.54) is 14.0 Å². The van der Waals surface area contributed by atoms with Gasteiger partial charge >= 0.3 is 16.2 Å². The van der Waals surface area contributed by atoms with Crippen molar-refractivity contribution in [1.82, 2.24) is 4.31 Å². The summed E-state index contributed by atoms with van der Waals surface area (Å²) in [6, 6.07) is 8.58. The Morgan fingerprint density at radius 2 is 1.91 bits per heavy atom. The van der Waals surface area contributed by atoms with Gasteiger partial charge in [0, 0.05) is 11.9 Å². The van der Waals surface area contributed by atoms with E-state index in [0.717, 1.165) is 6.20 Å². The van der Waals surface area contributed by atoms with Crippen LogP contribution in [0.25, 0.3) is 0 Å². The second kappa shape index (κ2) is 6.61. The molecule has 122 valence electrons. The summed E-state index contributed by atoms with van der Waals surface area (Å²) < 4.78 is 32.7. The third kappa shape index (κ3) is 3.95. The molecule has 0 saturated heterocycles. The third-order valence-corrected chi connectivity index (χ3v) is 4.31. The summed E-state index contributed by atoms with van der Waals surface area (Å²) in [5, 5.41) is 2.56. The van der Waals surface area contributed by atoms with Crippen molar-refractivity contribution in [2.45, 2.75) is 6.92 Å². The molecule has 23 heavy (non-hydrogen) atoms. The van der Waals surface area contributed by atoms with Gasteiger partial charge in [0.25, 0.3) is 0 Å². The number of hydrogen-bond donors (Lipinski definition) is 1. The van der Waals surface area contributed by atoms with Gasteiger partial charge in [0.15, 0.2) is 0 Å². The zero-order valence-electron chi connectivity index (χ0n) is 12.5. The van der Waals surface area contributed by atoms with Crippen LogP contribution in [0.1, 0.15) is 6.92 Å². The van der Waals surface area contributed by atoms with Crippen molar-refractivity contribution >= 4 is 33.5 Å². The van der Waals surface area contributed by atoms with Crippen molar-refractivity contribution in [3.63, 3.8) is 0 Å². The van der Waals surface area contributed by atoms with Crippen LogP contribution >= 0.6 is 0 Å². The van der Waals surface area contributed by atoms with E-state index < -0.39 is 28.6 Å². The van der Waals surface area contributed by atoms with Crippen LogP contribution < -0.4 is 5.32 Å². The average molecular weight is 337 g/mol. The number of nitrogens with one attached hydrogen (secondary N) is 1. The summed E-state index contributed by atoms with van der Waals surface area (Å²) in [6.07, 6.45) is 1.05. The van der Waals surface area contributed by atoms with Crippen molar-refractivity contribution in [2.24, 2.45) is 4.40 Å². The van der Waals surface area contributed by atoms with Gasteiger partial charge in [-0.15, -0.1) is 4.40 Å². The molecule has 1 aliphatic rings. The number of nitrogens with zero attached hydrogens (tertiary/aromatic N) is 2. The number of hydrogen-bond acceptors (Lipinski definition) is 5. The number of para-hydroxylation sites is 1. The smallest absolute Gasteiger partial charge is 0.344 e. The number of carbonyl (C=O) groups excluding carboxylic acids is 2. The quantitative estimate of drug-likeness (QED) is 0.814. The molecule has 2 rings (SSSR count). The largest absolute Gasteiger partial charge is 0.465 e. The maximum absolute atomic E-state index is 12.0. The Hall–Kier alpha value is -2.68. The van der Waals surface area contributed by atoms with Crippen molar-refractivity contribution in [3.8, 4) is 0 Å². The number of benzene rings is 1. The van der Waals surface area contributed by atoms with E-state index in [2.05, 4.69) is 14.5 Å². The standard InChI is InChI=1S/C14H15N3O5S/c1-10-12(14(19)22-2)8-17(23(20,21)16-10)9-13(18)15-11-6-4-3-5-7-11/h3-8H,9H2,1-2H3,(H,15,18). The van der Waals surface area contributed by atoms with E-state index in [9.17, 15) is 18.0 Å². The first-order valence-corrected chi connectivity index (χ1v) is 7.97. The summed E-state index contributed by atoms with van der Waals surface area (Å²) >= 11 is 0. The maximum atomic E-state index is 12.0. The highest BCUT2D eigenvalue weighted by atomic mass is 32.2. The van der Waals surface area contributed by atoms with Gasteiger partial charge in [-0.1, -0.05) is 18.2 Å². The van der Waals surface area contributed by atoms with Crippen LogP contribution in [0.4, 0.5) is 5.69 Å². The highest BCUT2D eigenvalue weighted by molar-refractivity contribution is 7.88. The lowest BCUT2D eigenvalue weighted by Crippen LogP contribution is -2.37. The molecule has 1 amide bonds. The lowest BCUT2D eigenvalue weighted by Gasteiger charge is -2.22. The molecule has 0 atom stereocenters. The summed E-state index contributed by atoms with van der Waals surface area (Å²) in [6.45, 7) is 0.871. The topological polar surface area (TPSA) is 105 Å². The van der Waals surface area contributed by atoms with E-state index in [4.69, 9.17) is 0 Å². The maximum Gasteiger partial charge on any atom is 0.344 e. The number of carbonyl (C=O) groups is 2. The highest BCUT2D eigenvalue weighted by Crippen LogP contribution is 2.17. The summed E-state index contributed by atoms with van der Waals surface area (Å²) in [5.41, 5.74) is 0.523. The first-order chi connectivity index (χ1) is 10.8. The second-order valence-electron chi connectivity index (χ2n) is 4.65. The third-order valence-electron chi connectivity index (χ3n) is 2.97. The van der Waals surface area contributed by atoms with Crippen LogP contribution in [-0.4, -0.2) is 44.0 Å². The average Bonchev–Trinajstić information content (AvgIpc) is 2.49. The molecule has 0 aromatic heterocycles. The molecular weight excluding hydrogens is 322 g/mol. The van der Waals surface area contributed by atoms with Gasteiger partial charge in [-0.25, -0.2) is 9.10 Å². The SMILES string of the molecule is COC(=O)C1=CN(CC(=O)Nc2ccccc2)S(=O)(=O)N=C1C. The molecule has 1 aromatic rings. The number of ether oxygens (including phenoxy) is 1. The van der Waals surface area contributed by atoms with E-state index in [0.29, 0.717) is 9.99 Å². The van der Waals surface area contributed by atoms with Gasteiger partial charge < -0.3 is 10.1 Å². The predicted molar refractivity (Wildman–Crippen MR) is 83.9 cm³/mol. The number of rotatable bonds is 4. The van der Waals surface area contributed by atoms with Crippen molar-refractivity contribution in [2.75, 3.05) is 19.0 Å². The molecule has 0 bridgehead atoms. The first-order valence-electron chi connectivity index (χ1n) is 6.57. The Morgan fingerprint density at radius 3 is 2.52 bits per heavy atom. The minimum atomic E-state index is -4.06. The monoisotopic (exact) mass is 337 g/mol. The molecule has 1 aromatic carbocycles. The van der Waals surface area contributed by atoms with Gasteiger partial charge in [0.1, 0.15) is 6.54 Å². The Labute approximate surface area is 133 Å². The first kappa shape index (κ1) is 16.7. The lowest BCUT2D eigenvalue weighted by atomic mass is 10.2. The molecule has 0 radical (unpaired) electrons. The number of anilines is 1. The summed E-state index contributed by atoms with van der Waals surface area (Å²) in [5.74, 6) is -1.29. The fraction of sp³-hybridized carbons (Fsp3) is 0.214. The summed E-state index contributed by atoms with van der Waals surface area (Å²) in [4.78, 5) is 23.6. The van der Waals surface area contributed by atoms with Crippen LogP contribution in [-0.2, 0) is 24.5 Å². The molecule has 1 heterocycles. The molecule has 0 aliphatic carbocycles. The van der Waals surface area contributed by atoms with E-state index in [1.807, 2.05) is 0 Å². The molecule has 1 N–H and O–H groups in total. The molecular formula is C14H15N3O5S. The van der Waals surface area contributed by atoms with Gasteiger partial charge in [-0.2, -0.15) is 8.42 Å². The molecule has 0 spiro atoms. The number of amides is 1. The Morgan fingerprint density at radius 1 is 1.26 bits per heavy atom. The normalized spacial score (nSPS) is 16.2. The highest BCUT2D eigenvalue weighted by Gasteiger charge is 2.29. The second-order valence-corrected chi connectivity index (χ2v) is 6.20. The molecule has 0 fully saturated rings. The number of methoxy groups -OCH3 is 1. The van der Waals surface area contributed by atoms with E-state index in [-0.39, 0.29) is 11.3 Å². The molecule has 0 saturated carbocycles. The molecule has 8 nitrogen and oxygen atoms in total. The van der Waals surface area contributed by atoms with Crippen LogP contribution in [0.3, 0.4) is 0 Å². The van der Waals surface area contributed by atoms with Gasteiger partial charge in [-0.05, 0) is 19.1 Å². The minimum absolute atomic E-state index is 0.0107. The van der Waals surface area contributed by atoms with E-state index in [1.54, 1.807) is 30.3 Å². The van der Waals surface area contributed by atoms with Crippen molar-refractivity contribution in [3.05, 3.63) is 42.1 Å². The minimum Gasteiger partial charge on any atom is -0.465 e. The van der Waals surface area contributed by atoms with Crippen LogP contribution in [0.5, 0.6) is 0 Å². The molecule has 0 unspecified atom stereocenters. The lowest BCUT2D eigenvalue weighted by molar-refractivity contribution is -0.135. The van der Waals surface area contributed by atoms with Crippen LogP contribution in [0.15, 0.2) is 46.5 Å².